The Morgan fingerprint density at radius 1 is 1.27 bits per heavy atom. The molecule has 6 heteroatoms. The molecule has 5 nitrogen and oxygen atoms in total. The van der Waals surface area contributed by atoms with Gasteiger partial charge in [0, 0.05) is 25.6 Å². The van der Waals surface area contributed by atoms with E-state index in [0.717, 1.165) is 25.8 Å². The van der Waals surface area contributed by atoms with Gasteiger partial charge in [-0.2, -0.15) is 0 Å². The summed E-state index contributed by atoms with van der Waals surface area (Å²) in [5, 5.41) is 0. The largest absolute Gasteiger partial charge is 0.494 e. The molecule has 1 aromatic carbocycles. The molecule has 0 bridgehead atoms. The smallest absolute Gasteiger partial charge is 0.227 e. The van der Waals surface area contributed by atoms with E-state index >= 15 is 0 Å². The normalized spacial score (nSPS) is 22.5. The minimum Gasteiger partial charge on any atom is -0.494 e. The van der Waals surface area contributed by atoms with Crippen LogP contribution in [0.2, 0.25) is 0 Å². The number of hydrogen-bond donors (Lipinski definition) is 0. The first-order valence-electron chi connectivity index (χ1n) is 9.28. The minimum atomic E-state index is -0.458. The van der Waals surface area contributed by atoms with Crippen LogP contribution in [0.25, 0.3) is 0 Å². The molecular weight excluding hydrogens is 335 g/mol. The van der Waals surface area contributed by atoms with Crippen LogP contribution in [0, 0.1) is 11.7 Å². The van der Waals surface area contributed by atoms with E-state index in [1.54, 1.807) is 12.1 Å². The molecule has 1 atom stereocenters. The first-order chi connectivity index (χ1) is 12.4. The number of amides is 2. The first kappa shape index (κ1) is 18.7. The number of likely N-dealkylation sites (tertiary alicyclic amines) is 2. The van der Waals surface area contributed by atoms with E-state index in [0.29, 0.717) is 18.7 Å². The number of methoxy groups -OCH3 is 1. The number of rotatable bonds is 4. The predicted molar refractivity (Wildman–Crippen MR) is 96.4 cm³/mol. The second-order valence-electron chi connectivity index (χ2n) is 7.68. The highest BCUT2D eigenvalue weighted by Gasteiger charge is 2.50. The fourth-order valence-corrected chi connectivity index (χ4v) is 4.05. The van der Waals surface area contributed by atoms with Crippen LogP contribution in [0.1, 0.15) is 38.7 Å². The second-order valence-corrected chi connectivity index (χ2v) is 7.68. The third-order valence-electron chi connectivity index (χ3n) is 5.61. The van der Waals surface area contributed by atoms with Gasteiger partial charge in [-0.15, -0.1) is 0 Å². The monoisotopic (exact) mass is 362 g/mol. The lowest BCUT2D eigenvalue weighted by atomic mass is 9.77. The van der Waals surface area contributed by atoms with Crippen LogP contribution < -0.4 is 4.74 Å². The number of ether oxygens (including phenoxy) is 1. The molecule has 0 radical (unpaired) electrons. The van der Waals surface area contributed by atoms with Crippen molar-refractivity contribution in [1.82, 2.24) is 9.80 Å². The van der Waals surface area contributed by atoms with E-state index in [-0.39, 0.29) is 35.4 Å². The lowest BCUT2D eigenvalue weighted by Gasteiger charge is -2.57. The molecule has 0 aliphatic carbocycles. The van der Waals surface area contributed by atoms with Crippen LogP contribution in [0.3, 0.4) is 0 Å². The summed E-state index contributed by atoms with van der Waals surface area (Å²) in [7, 11) is 1.42. The Bertz CT molecular complexity index is 706. The second kappa shape index (κ2) is 7.25. The Morgan fingerprint density at radius 2 is 2.04 bits per heavy atom. The number of carbonyl (C=O) groups is 2. The molecule has 2 amide bonds. The van der Waals surface area contributed by atoms with E-state index in [9.17, 15) is 14.0 Å². The van der Waals surface area contributed by atoms with Gasteiger partial charge >= 0.3 is 0 Å². The van der Waals surface area contributed by atoms with Gasteiger partial charge in [-0.1, -0.05) is 19.9 Å². The Morgan fingerprint density at radius 3 is 2.62 bits per heavy atom. The minimum absolute atomic E-state index is 0.0162. The molecular formula is C20H27FN2O3. The number of benzene rings is 1. The highest BCUT2D eigenvalue weighted by atomic mass is 19.1. The maximum atomic E-state index is 13.9. The van der Waals surface area contributed by atoms with Crippen molar-refractivity contribution < 1.29 is 18.7 Å². The molecule has 3 rings (SSSR count). The zero-order valence-electron chi connectivity index (χ0n) is 15.8. The van der Waals surface area contributed by atoms with Crippen molar-refractivity contribution in [3.05, 3.63) is 29.6 Å². The van der Waals surface area contributed by atoms with Crippen molar-refractivity contribution in [2.45, 2.75) is 45.1 Å². The summed E-state index contributed by atoms with van der Waals surface area (Å²) in [4.78, 5) is 29.0. The van der Waals surface area contributed by atoms with Crippen molar-refractivity contribution in [2.24, 2.45) is 5.92 Å². The topological polar surface area (TPSA) is 49.9 Å². The zero-order chi connectivity index (χ0) is 18.9. The van der Waals surface area contributed by atoms with Crippen molar-refractivity contribution in [2.75, 3.05) is 26.7 Å². The molecule has 2 aliphatic heterocycles. The molecule has 1 aromatic rings. The standard InChI is InChI=1S/C20H27FN2O3/c1-14(2)19(25)23-10-8-20(23)7-4-9-22(13-20)18(24)12-15-5-6-17(26-3)16(21)11-15/h5-6,11,14H,4,7-10,12-13H2,1-3H3. The van der Waals surface area contributed by atoms with Crippen molar-refractivity contribution in [3.63, 3.8) is 0 Å². The van der Waals surface area contributed by atoms with E-state index < -0.39 is 5.82 Å². The highest BCUT2D eigenvalue weighted by Crippen LogP contribution is 2.39. The average molecular weight is 362 g/mol. The molecule has 0 aromatic heterocycles. The lowest BCUT2D eigenvalue weighted by molar-refractivity contribution is -0.160. The Hall–Kier alpha value is -2.11. The van der Waals surface area contributed by atoms with Gasteiger partial charge < -0.3 is 14.5 Å². The molecule has 0 saturated carbocycles. The van der Waals surface area contributed by atoms with Gasteiger partial charge in [0.25, 0.3) is 0 Å². The van der Waals surface area contributed by atoms with Gasteiger partial charge in [0.2, 0.25) is 11.8 Å². The van der Waals surface area contributed by atoms with Crippen molar-refractivity contribution in [3.8, 4) is 5.75 Å². The van der Waals surface area contributed by atoms with Gasteiger partial charge in [0.15, 0.2) is 11.6 Å². The Kier molecular flexibility index (Phi) is 5.21. The summed E-state index contributed by atoms with van der Waals surface area (Å²) in [5.41, 5.74) is 0.442. The third kappa shape index (κ3) is 3.41. The maximum Gasteiger partial charge on any atom is 0.227 e. The molecule has 26 heavy (non-hydrogen) atoms. The Balaban J connectivity index is 1.67. The van der Waals surface area contributed by atoms with E-state index in [1.165, 1.54) is 13.2 Å². The summed E-state index contributed by atoms with van der Waals surface area (Å²) in [6.07, 6.45) is 2.96. The van der Waals surface area contributed by atoms with Crippen LogP contribution >= 0.6 is 0 Å². The van der Waals surface area contributed by atoms with E-state index in [4.69, 9.17) is 4.74 Å². The average Bonchev–Trinajstić information content (AvgIpc) is 2.61. The van der Waals surface area contributed by atoms with E-state index in [1.807, 2.05) is 23.6 Å². The van der Waals surface area contributed by atoms with Gasteiger partial charge in [-0.3, -0.25) is 9.59 Å². The summed E-state index contributed by atoms with van der Waals surface area (Å²) in [6.45, 7) is 5.89. The molecule has 1 unspecified atom stereocenters. The molecule has 2 aliphatic rings. The third-order valence-corrected chi connectivity index (χ3v) is 5.61. The molecule has 2 saturated heterocycles. The number of nitrogens with zero attached hydrogens (tertiary/aromatic N) is 2. The van der Waals surface area contributed by atoms with Gasteiger partial charge in [0.1, 0.15) is 0 Å². The van der Waals surface area contributed by atoms with Gasteiger partial charge in [-0.25, -0.2) is 4.39 Å². The zero-order valence-corrected chi connectivity index (χ0v) is 15.8. The Labute approximate surface area is 154 Å². The summed E-state index contributed by atoms with van der Waals surface area (Å²) >= 11 is 0. The SMILES string of the molecule is COc1ccc(CC(=O)N2CCCC3(CCN3C(=O)C(C)C)C2)cc1F. The summed E-state index contributed by atoms with van der Waals surface area (Å²) < 4.78 is 18.8. The number of carbonyl (C=O) groups excluding carboxylic acids is 2. The molecule has 1 spiro atoms. The lowest BCUT2D eigenvalue weighted by Crippen LogP contribution is -2.69. The quantitative estimate of drug-likeness (QED) is 0.827. The predicted octanol–water partition coefficient (Wildman–Crippen LogP) is 2.63. The first-order valence-corrected chi connectivity index (χ1v) is 9.28. The van der Waals surface area contributed by atoms with Crippen LogP contribution in [-0.4, -0.2) is 53.9 Å². The maximum absolute atomic E-state index is 13.9. The highest BCUT2D eigenvalue weighted by molar-refractivity contribution is 5.81. The molecule has 0 N–H and O–H groups in total. The molecule has 2 heterocycles. The molecule has 142 valence electrons. The number of hydrogen-bond acceptors (Lipinski definition) is 3. The summed E-state index contributed by atoms with van der Waals surface area (Å²) in [6, 6.07) is 4.62. The van der Waals surface area contributed by atoms with Crippen LogP contribution in [0.4, 0.5) is 4.39 Å². The van der Waals surface area contributed by atoms with Gasteiger partial charge in [0.05, 0.1) is 19.1 Å². The van der Waals surface area contributed by atoms with Crippen molar-refractivity contribution in [1.29, 1.82) is 0 Å². The molecule has 2 fully saturated rings. The van der Waals surface area contributed by atoms with Gasteiger partial charge in [-0.05, 0) is 37.0 Å². The number of piperidine rings is 1. The van der Waals surface area contributed by atoms with Crippen LogP contribution in [0.15, 0.2) is 18.2 Å². The van der Waals surface area contributed by atoms with Crippen molar-refractivity contribution >= 4 is 11.8 Å². The summed E-state index contributed by atoms with van der Waals surface area (Å²) in [5.74, 6) is -0.156. The van der Waals surface area contributed by atoms with Crippen LogP contribution in [-0.2, 0) is 16.0 Å². The van der Waals surface area contributed by atoms with E-state index in [2.05, 4.69) is 0 Å². The number of halogens is 1. The fraction of sp³-hybridized carbons (Fsp3) is 0.600. The van der Waals surface area contributed by atoms with Crippen LogP contribution in [0.5, 0.6) is 5.75 Å². The fourth-order valence-electron chi connectivity index (χ4n) is 4.05.